The van der Waals surface area contributed by atoms with Crippen LogP contribution >= 0.6 is 23.4 Å². The van der Waals surface area contributed by atoms with Gasteiger partial charge in [0.15, 0.2) is 0 Å². The van der Waals surface area contributed by atoms with Crippen molar-refractivity contribution < 1.29 is 9.59 Å². The lowest BCUT2D eigenvalue weighted by Gasteiger charge is -2.25. The fourth-order valence-electron chi connectivity index (χ4n) is 2.98. The van der Waals surface area contributed by atoms with Crippen molar-refractivity contribution in [2.24, 2.45) is 0 Å². The van der Waals surface area contributed by atoms with E-state index in [-0.39, 0.29) is 11.9 Å². The van der Waals surface area contributed by atoms with Gasteiger partial charge in [-0.05, 0) is 36.2 Å². The number of imide groups is 1. The first-order valence-electron chi connectivity index (χ1n) is 8.15. The summed E-state index contributed by atoms with van der Waals surface area (Å²) in [4.78, 5) is 27.7. The normalized spacial score (nSPS) is 20.0. The molecular weight excluding hydrogens is 356 g/mol. The topological polar surface area (TPSA) is 49.4 Å². The predicted octanol–water partition coefficient (Wildman–Crippen LogP) is 4.29. The van der Waals surface area contributed by atoms with Crippen molar-refractivity contribution in [3.05, 3.63) is 65.2 Å². The maximum absolute atomic E-state index is 13.0. The zero-order valence-electron chi connectivity index (χ0n) is 13.9. The Morgan fingerprint density at radius 3 is 2.40 bits per heavy atom. The predicted molar refractivity (Wildman–Crippen MR) is 101 cm³/mol. The van der Waals surface area contributed by atoms with Crippen molar-refractivity contribution in [1.82, 2.24) is 10.2 Å². The van der Waals surface area contributed by atoms with Crippen molar-refractivity contribution in [3.63, 3.8) is 0 Å². The van der Waals surface area contributed by atoms with Crippen LogP contribution in [0.2, 0.25) is 5.02 Å². The van der Waals surface area contributed by atoms with Gasteiger partial charge in [0.2, 0.25) is 0 Å². The highest BCUT2D eigenvalue weighted by Gasteiger charge is 2.50. The molecule has 4 nitrogen and oxygen atoms in total. The number of nitrogens with zero attached hydrogens (tertiary/aromatic N) is 1. The Morgan fingerprint density at radius 2 is 1.76 bits per heavy atom. The van der Waals surface area contributed by atoms with Gasteiger partial charge in [-0.3, -0.25) is 9.69 Å². The minimum absolute atomic E-state index is 0.178. The third-order valence-electron chi connectivity index (χ3n) is 4.37. The molecule has 1 saturated heterocycles. The molecule has 0 aliphatic carbocycles. The van der Waals surface area contributed by atoms with Gasteiger partial charge in [0, 0.05) is 22.2 Å². The van der Waals surface area contributed by atoms with Crippen LogP contribution in [0.4, 0.5) is 4.79 Å². The molecule has 0 unspecified atom stereocenters. The molecule has 6 heteroatoms. The van der Waals surface area contributed by atoms with Gasteiger partial charge in [-0.15, -0.1) is 11.8 Å². The van der Waals surface area contributed by atoms with Crippen LogP contribution in [0, 0.1) is 0 Å². The average molecular weight is 375 g/mol. The Balaban J connectivity index is 1.69. The van der Waals surface area contributed by atoms with Gasteiger partial charge in [0.25, 0.3) is 5.91 Å². The molecule has 0 saturated carbocycles. The summed E-state index contributed by atoms with van der Waals surface area (Å²) < 4.78 is 0. The molecule has 2 aromatic carbocycles. The maximum atomic E-state index is 13.0. The van der Waals surface area contributed by atoms with E-state index in [4.69, 9.17) is 11.6 Å². The van der Waals surface area contributed by atoms with Gasteiger partial charge in [-0.25, -0.2) is 4.79 Å². The average Bonchev–Trinajstić information content (AvgIpc) is 2.89. The van der Waals surface area contributed by atoms with Crippen LogP contribution in [0.15, 0.2) is 59.5 Å². The van der Waals surface area contributed by atoms with Crippen molar-refractivity contribution in [3.8, 4) is 0 Å². The first-order chi connectivity index (χ1) is 12.1. The zero-order chi connectivity index (χ0) is 17.9. The molecule has 2 aromatic rings. The molecule has 1 fully saturated rings. The van der Waals surface area contributed by atoms with Crippen molar-refractivity contribution in [1.29, 1.82) is 0 Å². The number of hydrogen-bond donors (Lipinski definition) is 1. The molecule has 0 aromatic heterocycles. The Hall–Kier alpha value is -1.98. The summed E-state index contributed by atoms with van der Waals surface area (Å²) in [6, 6.07) is 16.6. The summed E-state index contributed by atoms with van der Waals surface area (Å²) in [6.07, 6.45) is 0.516. The number of thioether (sulfide) groups is 1. The van der Waals surface area contributed by atoms with Crippen LogP contribution in [-0.4, -0.2) is 29.1 Å². The third kappa shape index (κ3) is 3.53. The number of benzene rings is 2. The molecule has 3 amide bonds. The second-order valence-corrected chi connectivity index (χ2v) is 7.42. The van der Waals surface area contributed by atoms with E-state index in [2.05, 4.69) is 5.32 Å². The number of carbonyl (C=O) groups excluding carboxylic acids is 2. The number of nitrogens with one attached hydrogen (secondary N) is 1. The molecule has 0 radical (unpaired) electrons. The van der Waals surface area contributed by atoms with E-state index in [1.54, 1.807) is 11.8 Å². The van der Waals surface area contributed by atoms with Crippen LogP contribution in [-0.2, 0) is 10.3 Å². The largest absolute Gasteiger partial charge is 0.325 e. The van der Waals surface area contributed by atoms with E-state index < -0.39 is 5.54 Å². The molecule has 1 aliphatic rings. The number of carbonyl (C=O) groups is 2. The molecule has 1 atom stereocenters. The molecule has 1 aliphatic heterocycles. The molecule has 25 heavy (non-hydrogen) atoms. The van der Waals surface area contributed by atoms with E-state index in [9.17, 15) is 9.59 Å². The number of rotatable bonds is 6. The number of urea groups is 1. The summed E-state index contributed by atoms with van der Waals surface area (Å²) in [5.74, 6) is 0.456. The first-order valence-corrected chi connectivity index (χ1v) is 9.51. The van der Waals surface area contributed by atoms with Crippen LogP contribution in [0.1, 0.15) is 18.9 Å². The standard InChI is InChI=1S/C19H19ClN2O2S/c1-2-19(14-6-4-3-5-7-14)17(23)22(18(24)21-19)12-13-25-16-10-8-15(20)9-11-16/h3-11H,2,12-13H2,1H3,(H,21,24)/t19-/m0/s1. The van der Waals surface area contributed by atoms with Crippen molar-refractivity contribution >= 4 is 35.3 Å². The lowest BCUT2D eigenvalue weighted by molar-refractivity contribution is -0.131. The van der Waals surface area contributed by atoms with E-state index in [1.165, 1.54) is 4.90 Å². The highest BCUT2D eigenvalue weighted by atomic mass is 35.5. The summed E-state index contributed by atoms with van der Waals surface area (Å²) in [6.45, 7) is 2.28. The monoisotopic (exact) mass is 374 g/mol. The Labute approximate surface area is 156 Å². The molecule has 1 N–H and O–H groups in total. The van der Waals surface area contributed by atoms with Gasteiger partial charge < -0.3 is 5.32 Å². The quantitative estimate of drug-likeness (QED) is 0.606. The van der Waals surface area contributed by atoms with Crippen LogP contribution in [0.25, 0.3) is 0 Å². The highest BCUT2D eigenvalue weighted by molar-refractivity contribution is 7.99. The summed E-state index contributed by atoms with van der Waals surface area (Å²) >= 11 is 7.47. The van der Waals surface area contributed by atoms with Gasteiger partial charge >= 0.3 is 6.03 Å². The van der Waals surface area contributed by atoms with Gasteiger partial charge in [-0.2, -0.15) is 0 Å². The van der Waals surface area contributed by atoms with Crippen molar-refractivity contribution in [2.45, 2.75) is 23.8 Å². The number of amides is 3. The Morgan fingerprint density at radius 1 is 1.08 bits per heavy atom. The van der Waals surface area contributed by atoms with Gasteiger partial charge in [0.05, 0.1) is 0 Å². The van der Waals surface area contributed by atoms with Crippen LogP contribution in [0.3, 0.4) is 0 Å². The molecular formula is C19H19ClN2O2S. The van der Waals surface area contributed by atoms with Crippen LogP contribution < -0.4 is 5.32 Å². The number of hydrogen-bond acceptors (Lipinski definition) is 3. The zero-order valence-corrected chi connectivity index (χ0v) is 15.4. The van der Waals surface area contributed by atoms with E-state index in [1.807, 2.05) is 61.5 Å². The fraction of sp³-hybridized carbons (Fsp3) is 0.263. The second-order valence-electron chi connectivity index (χ2n) is 5.81. The second kappa shape index (κ2) is 7.50. The van der Waals surface area contributed by atoms with Crippen molar-refractivity contribution in [2.75, 3.05) is 12.3 Å². The fourth-order valence-corrected chi connectivity index (χ4v) is 3.94. The SMILES string of the molecule is CC[C@@]1(c2ccccc2)NC(=O)N(CCSc2ccc(Cl)cc2)C1=O. The molecule has 0 bridgehead atoms. The van der Waals surface area contributed by atoms with E-state index in [0.29, 0.717) is 23.7 Å². The Kier molecular flexibility index (Phi) is 5.35. The molecule has 1 heterocycles. The van der Waals surface area contributed by atoms with E-state index in [0.717, 1.165) is 10.5 Å². The highest BCUT2D eigenvalue weighted by Crippen LogP contribution is 2.32. The Bertz CT molecular complexity index is 767. The smallest absolute Gasteiger partial charge is 0.319 e. The minimum atomic E-state index is -0.955. The summed E-state index contributed by atoms with van der Waals surface area (Å²) in [7, 11) is 0. The lowest BCUT2D eigenvalue weighted by atomic mass is 9.87. The maximum Gasteiger partial charge on any atom is 0.325 e. The van der Waals surface area contributed by atoms with Gasteiger partial charge in [0.1, 0.15) is 5.54 Å². The summed E-state index contributed by atoms with van der Waals surface area (Å²) in [5.41, 5.74) is -0.132. The van der Waals surface area contributed by atoms with Gasteiger partial charge in [-0.1, -0.05) is 48.9 Å². The first kappa shape index (κ1) is 17.8. The number of halogens is 1. The molecule has 0 spiro atoms. The van der Waals surface area contributed by atoms with Crippen LogP contribution in [0.5, 0.6) is 0 Å². The summed E-state index contributed by atoms with van der Waals surface area (Å²) in [5, 5.41) is 3.59. The minimum Gasteiger partial charge on any atom is -0.319 e. The van der Waals surface area contributed by atoms with E-state index >= 15 is 0 Å². The third-order valence-corrected chi connectivity index (χ3v) is 5.61. The molecule has 130 valence electrons. The lowest BCUT2D eigenvalue weighted by Crippen LogP contribution is -2.43. The molecule has 3 rings (SSSR count).